The number of hydrogen-bond donors (Lipinski definition) is 1. The van der Waals surface area contributed by atoms with Crippen LogP contribution in [0, 0.1) is 0 Å². The predicted octanol–water partition coefficient (Wildman–Crippen LogP) is 14.8. The molecule has 5 heteroatoms. The van der Waals surface area contributed by atoms with Gasteiger partial charge < -0.3 is 14.6 Å². The summed E-state index contributed by atoms with van der Waals surface area (Å²) in [5.74, 6) is -0.595. The maximum Gasteiger partial charge on any atom is 0.306 e. The summed E-state index contributed by atoms with van der Waals surface area (Å²) in [5, 5.41) is 9.59. The summed E-state index contributed by atoms with van der Waals surface area (Å²) in [7, 11) is 0. The lowest BCUT2D eigenvalue weighted by Gasteiger charge is -2.15. The fraction of sp³-hybridized carbons (Fsp3) is 0.833. The van der Waals surface area contributed by atoms with E-state index in [4.69, 9.17) is 9.47 Å². The van der Waals surface area contributed by atoms with Crippen LogP contribution in [0.15, 0.2) is 36.5 Å². The Morgan fingerprint density at radius 2 is 0.755 bits per heavy atom. The molecule has 310 valence electrons. The molecule has 1 atom stereocenters. The van der Waals surface area contributed by atoms with Crippen LogP contribution in [0.4, 0.5) is 0 Å². The van der Waals surface area contributed by atoms with E-state index in [9.17, 15) is 14.7 Å². The van der Waals surface area contributed by atoms with Gasteiger partial charge in [0.1, 0.15) is 6.61 Å². The van der Waals surface area contributed by atoms with Crippen LogP contribution < -0.4 is 0 Å². The van der Waals surface area contributed by atoms with Crippen LogP contribution in [0.25, 0.3) is 0 Å². The second-order valence-corrected chi connectivity index (χ2v) is 15.5. The zero-order chi connectivity index (χ0) is 38.6. The molecule has 0 heterocycles. The Morgan fingerprint density at radius 1 is 0.434 bits per heavy atom. The monoisotopic (exact) mass is 745 g/mol. The van der Waals surface area contributed by atoms with E-state index in [1.807, 2.05) is 0 Å². The van der Waals surface area contributed by atoms with Crippen molar-refractivity contribution in [3.05, 3.63) is 36.5 Å². The zero-order valence-electron chi connectivity index (χ0n) is 35.3. The van der Waals surface area contributed by atoms with E-state index < -0.39 is 6.10 Å². The smallest absolute Gasteiger partial charge is 0.306 e. The molecule has 0 bridgehead atoms. The van der Waals surface area contributed by atoms with E-state index in [0.29, 0.717) is 12.8 Å². The third kappa shape index (κ3) is 42.7. The Bertz CT molecular complexity index is 847. The first-order chi connectivity index (χ1) is 26.1. The lowest BCUT2D eigenvalue weighted by Crippen LogP contribution is -2.28. The van der Waals surface area contributed by atoms with Crippen molar-refractivity contribution in [2.24, 2.45) is 0 Å². The molecule has 0 aliphatic heterocycles. The molecule has 0 aromatic carbocycles. The maximum absolute atomic E-state index is 12.2. The third-order valence-electron chi connectivity index (χ3n) is 10.2. The Hall–Kier alpha value is -1.88. The van der Waals surface area contributed by atoms with Gasteiger partial charge in [-0.25, -0.2) is 0 Å². The number of esters is 2. The number of aliphatic hydroxyl groups excluding tert-OH is 1. The molecule has 0 aromatic heterocycles. The highest BCUT2D eigenvalue weighted by Gasteiger charge is 2.16. The number of unbranched alkanes of at least 4 members (excludes halogenated alkanes) is 28. The molecule has 0 amide bonds. The predicted molar refractivity (Wildman–Crippen MR) is 228 cm³/mol. The molecule has 0 rings (SSSR count). The van der Waals surface area contributed by atoms with Gasteiger partial charge in [-0.3, -0.25) is 9.59 Å². The first kappa shape index (κ1) is 51.1. The van der Waals surface area contributed by atoms with Gasteiger partial charge in [0, 0.05) is 12.8 Å². The van der Waals surface area contributed by atoms with Gasteiger partial charge in [0.15, 0.2) is 6.10 Å². The van der Waals surface area contributed by atoms with E-state index >= 15 is 0 Å². The number of hydrogen-bond acceptors (Lipinski definition) is 5. The van der Waals surface area contributed by atoms with Crippen LogP contribution in [0.3, 0.4) is 0 Å². The number of carbonyl (C=O) groups excluding carboxylic acids is 2. The molecular weight excluding hydrogens is 657 g/mol. The van der Waals surface area contributed by atoms with E-state index in [-0.39, 0.29) is 25.2 Å². The highest BCUT2D eigenvalue weighted by atomic mass is 16.6. The van der Waals surface area contributed by atoms with Crippen LogP contribution in [-0.4, -0.2) is 36.4 Å². The van der Waals surface area contributed by atoms with Crippen LogP contribution in [0.1, 0.15) is 239 Å². The van der Waals surface area contributed by atoms with Crippen molar-refractivity contribution in [3.8, 4) is 0 Å². The molecule has 0 radical (unpaired) electrons. The molecule has 5 nitrogen and oxygen atoms in total. The first-order valence-electron chi connectivity index (χ1n) is 23.0. The third-order valence-corrected chi connectivity index (χ3v) is 10.2. The fourth-order valence-corrected chi connectivity index (χ4v) is 6.68. The van der Waals surface area contributed by atoms with Gasteiger partial charge in [-0.2, -0.15) is 0 Å². The molecule has 0 saturated heterocycles. The first-order valence-corrected chi connectivity index (χ1v) is 23.0. The minimum absolute atomic E-state index is 0.0679. The van der Waals surface area contributed by atoms with Gasteiger partial charge in [-0.15, -0.1) is 0 Å². The lowest BCUT2D eigenvalue weighted by molar-refractivity contribution is -0.161. The average molecular weight is 745 g/mol. The van der Waals surface area contributed by atoms with Gasteiger partial charge in [0.05, 0.1) is 6.61 Å². The summed E-state index contributed by atoms with van der Waals surface area (Å²) >= 11 is 0. The van der Waals surface area contributed by atoms with Crippen molar-refractivity contribution in [3.63, 3.8) is 0 Å². The van der Waals surface area contributed by atoms with Gasteiger partial charge in [-0.05, 0) is 51.4 Å². The number of carbonyl (C=O) groups is 2. The molecule has 0 aliphatic rings. The molecule has 1 N–H and O–H groups in total. The minimum Gasteiger partial charge on any atom is -0.462 e. The van der Waals surface area contributed by atoms with Gasteiger partial charge in [-0.1, -0.05) is 211 Å². The highest BCUT2D eigenvalue weighted by molar-refractivity contribution is 5.70. The molecule has 0 saturated carbocycles. The van der Waals surface area contributed by atoms with Gasteiger partial charge in [0.25, 0.3) is 0 Å². The fourth-order valence-electron chi connectivity index (χ4n) is 6.68. The largest absolute Gasteiger partial charge is 0.462 e. The quantitative estimate of drug-likeness (QED) is 0.0383. The summed E-state index contributed by atoms with van der Waals surface area (Å²) in [6.45, 7) is 4.14. The van der Waals surface area contributed by atoms with E-state index in [2.05, 4.69) is 50.3 Å². The summed E-state index contributed by atoms with van der Waals surface area (Å²) in [4.78, 5) is 24.4. The second kappa shape index (κ2) is 44.5. The molecular formula is C48H88O5. The second-order valence-electron chi connectivity index (χ2n) is 15.5. The van der Waals surface area contributed by atoms with Crippen molar-refractivity contribution in [1.29, 1.82) is 0 Å². The molecule has 0 spiro atoms. The van der Waals surface area contributed by atoms with Gasteiger partial charge in [0.2, 0.25) is 0 Å². The Morgan fingerprint density at radius 3 is 1.13 bits per heavy atom. The summed E-state index contributed by atoms with van der Waals surface area (Å²) < 4.78 is 10.6. The Labute approximate surface area is 329 Å². The molecule has 0 aromatic rings. The van der Waals surface area contributed by atoms with E-state index in [1.165, 1.54) is 154 Å². The molecule has 1 unspecified atom stereocenters. The number of allylic oxidation sites excluding steroid dienone is 6. The summed E-state index contributed by atoms with van der Waals surface area (Å²) in [6.07, 6.45) is 55.0. The Balaban J connectivity index is 3.54. The highest BCUT2D eigenvalue weighted by Crippen LogP contribution is 2.15. The van der Waals surface area contributed by atoms with Crippen LogP contribution >= 0.6 is 0 Å². The molecule has 0 aliphatic carbocycles. The van der Waals surface area contributed by atoms with E-state index in [1.54, 1.807) is 0 Å². The lowest BCUT2D eigenvalue weighted by atomic mass is 10.0. The van der Waals surface area contributed by atoms with E-state index in [0.717, 1.165) is 57.8 Å². The average Bonchev–Trinajstić information content (AvgIpc) is 3.16. The van der Waals surface area contributed by atoms with Crippen LogP contribution in [0.2, 0.25) is 0 Å². The summed E-state index contributed by atoms with van der Waals surface area (Å²) in [6, 6.07) is 0. The van der Waals surface area contributed by atoms with Gasteiger partial charge >= 0.3 is 11.9 Å². The van der Waals surface area contributed by atoms with Crippen molar-refractivity contribution in [1.82, 2.24) is 0 Å². The maximum atomic E-state index is 12.2. The molecule has 53 heavy (non-hydrogen) atoms. The van der Waals surface area contributed by atoms with Crippen molar-refractivity contribution >= 4 is 11.9 Å². The topological polar surface area (TPSA) is 72.8 Å². The normalized spacial score (nSPS) is 12.4. The standard InChI is InChI=1S/C48H88O5/c1-3-5-7-9-11-13-15-17-19-21-23-24-25-27-29-31-33-35-37-39-41-43-48(51)53-46(44-49)45-52-47(50)42-40-38-36-34-32-30-28-26-22-20-18-16-14-12-10-8-6-4-2/h15,17,21,23,25,27,46,49H,3-14,16,18-20,22,24,26,28-45H2,1-2H3/b17-15-,23-21-,27-25-. The zero-order valence-corrected chi connectivity index (χ0v) is 35.3. The minimum atomic E-state index is -0.776. The van der Waals surface area contributed by atoms with Crippen LogP contribution in [0.5, 0.6) is 0 Å². The Kier molecular flexibility index (Phi) is 42.9. The van der Waals surface area contributed by atoms with Crippen molar-refractivity contribution in [2.75, 3.05) is 13.2 Å². The number of ether oxygens (including phenoxy) is 2. The summed E-state index contributed by atoms with van der Waals surface area (Å²) in [5.41, 5.74) is 0. The SMILES string of the molecule is CCCCCCC/C=C\C/C=C\C/C=C\CCCCCCCCC(=O)OC(CO)COC(=O)CCCCCCCCCCCCCCCCCCCC. The number of aliphatic hydroxyl groups is 1. The molecule has 0 fully saturated rings. The van der Waals surface area contributed by atoms with Crippen LogP contribution in [-0.2, 0) is 19.1 Å². The van der Waals surface area contributed by atoms with Crippen molar-refractivity contribution < 1.29 is 24.2 Å². The van der Waals surface area contributed by atoms with Crippen molar-refractivity contribution in [2.45, 2.75) is 245 Å². The number of rotatable bonds is 42.